The van der Waals surface area contributed by atoms with Crippen LogP contribution in [0.2, 0.25) is 0 Å². The number of pyridine rings is 1. The van der Waals surface area contributed by atoms with Crippen LogP contribution in [0.1, 0.15) is 31.7 Å². The molecule has 0 atom stereocenters. The first-order valence-electron chi connectivity index (χ1n) is 10.4. The van der Waals surface area contributed by atoms with Crippen molar-refractivity contribution in [1.82, 2.24) is 24.3 Å². The van der Waals surface area contributed by atoms with Gasteiger partial charge in [-0.15, -0.1) is 11.3 Å². The van der Waals surface area contributed by atoms with Crippen LogP contribution in [0.3, 0.4) is 0 Å². The lowest BCUT2D eigenvalue weighted by atomic mass is 10.0. The standard InChI is InChI=1S/C23H23N5O2S/c1-4-27-9-7-16(12-20(27)29)15-5-6-17-18(11-15)30-10-8-19-21(17)26-23(31-19)22-24-13-25-28(22)14(2)3/h5-7,9,11-14H,4,8,10H2,1-3H3. The molecule has 5 rings (SSSR count). The molecule has 1 aromatic carbocycles. The van der Waals surface area contributed by atoms with E-state index >= 15 is 0 Å². The van der Waals surface area contributed by atoms with Crippen molar-refractivity contribution >= 4 is 11.3 Å². The highest BCUT2D eigenvalue weighted by molar-refractivity contribution is 7.15. The molecule has 0 spiro atoms. The maximum Gasteiger partial charge on any atom is 0.251 e. The Labute approximate surface area is 184 Å². The SMILES string of the molecule is CCn1ccc(-c2ccc3c(c2)OCCc2sc(-c4ncnn4C(C)C)nc2-3)cc1=O. The summed E-state index contributed by atoms with van der Waals surface area (Å²) >= 11 is 1.65. The van der Waals surface area contributed by atoms with Crippen molar-refractivity contribution in [3.8, 4) is 39.0 Å². The molecule has 0 fully saturated rings. The number of aromatic nitrogens is 5. The van der Waals surface area contributed by atoms with Crippen LogP contribution in [-0.4, -0.2) is 30.9 Å². The molecular formula is C23H23N5O2S. The largest absolute Gasteiger partial charge is 0.492 e. The highest BCUT2D eigenvalue weighted by atomic mass is 32.1. The summed E-state index contributed by atoms with van der Waals surface area (Å²) in [5, 5.41) is 5.22. The van der Waals surface area contributed by atoms with Crippen molar-refractivity contribution in [2.45, 2.75) is 39.8 Å². The first-order chi connectivity index (χ1) is 15.0. The van der Waals surface area contributed by atoms with Crippen molar-refractivity contribution in [3.63, 3.8) is 0 Å². The Hall–Kier alpha value is -3.26. The molecule has 31 heavy (non-hydrogen) atoms. The van der Waals surface area contributed by atoms with E-state index in [1.54, 1.807) is 28.3 Å². The molecule has 0 bridgehead atoms. The Balaban J connectivity index is 1.57. The van der Waals surface area contributed by atoms with Gasteiger partial charge in [-0.2, -0.15) is 5.10 Å². The minimum absolute atomic E-state index is 0.00319. The van der Waals surface area contributed by atoms with Crippen LogP contribution >= 0.6 is 11.3 Å². The Kier molecular flexibility index (Phi) is 4.94. The zero-order chi connectivity index (χ0) is 21.5. The van der Waals surface area contributed by atoms with E-state index in [1.165, 1.54) is 4.88 Å². The third kappa shape index (κ3) is 3.46. The van der Waals surface area contributed by atoms with Crippen LogP contribution in [0.25, 0.3) is 33.2 Å². The Bertz CT molecular complexity index is 1320. The Morgan fingerprint density at radius 2 is 2.03 bits per heavy atom. The molecule has 0 N–H and O–H groups in total. The van der Waals surface area contributed by atoms with Gasteiger partial charge in [0.1, 0.15) is 12.1 Å². The van der Waals surface area contributed by atoms with E-state index in [0.29, 0.717) is 13.2 Å². The minimum Gasteiger partial charge on any atom is -0.492 e. The van der Waals surface area contributed by atoms with Gasteiger partial charge in [-0.3, -0.25) is 4.79 Å². The average molecular weight is 434 g/mol. The predicted molar refractivity (Wildman–Crippen MR) is 122 cm³/mol. The van der Waals surface area contributed by atoms with E-state index in [2.05, 4.69) is 23.9 Å². The number of ether oxygens (including phenoxy) is 1. The van der Waals surface area contributed by atoms with Crippen molar-refractivity contribution in [2.75, 3.05) is 6.61 Å². The fourth-order valence-electron chi connectivity index (χ4n) is 3.83. The summed E-state index contributed by atoms with van der Waals surface area (Å²) in [5.74, 6) is 1.58. The number of hydrogen-bond donors (Lipinski definition) is 0. The number of aryl methyl sites for hydroxylation is 1. The highest BCUT2D eigenvalue weighted by Gasteiger charge is 2.23. The summed E-state index contributed by atoms with van der Waals surface area (Å²) in [6.45, 7) is 7.37. The van der Waals surface area contributed by atoms with Gasteiger partial charge < -0.3 is 9.30 Å². The maximum atomic E-state index is 12.3. The third-order valence-corrected chi connectivity index (χ3v) is 6.56. The van der Waals surface area contributed by atoms with Crippen molar-refractivity contribution in [2.24, 2.45) is 0 Å². The van der Waals surface area contributed by atoms with Crippen molar-refractivity contribution in [1.29, 1.82) is 0 Å². The average Bonchev–Trinajstić information content (AvgIpc) is 3.38. The summed E-state index contributed by atoms with van der Waals surface area (Å²) in [4.78, 5) is 22.8. The minimum atomic E-state index is -0.00319. The summed E-state index contributed by atoms with van der Waals surface area (Å²) < 4.78 is 9.65. The van der Waals surface area contributed by atoms with E-state index < -0.39 is 0 Å². The molecule has 8 heteroatoms. The van der Waals surface area contributed by atoms with Gasteiger partial charge in [0.2, 0.25) is 0 Å². The maximum absolute atomic E-state index is 12.3. The molecule has 0 saturated carbocycles. The quantitative estimate of drug-likeness (QED) is 0.476. The van der Waals surface area contributed by atoms with E-state index in [9.17, 15) is 4.79 Å². The molecule has 4 heterocycles. The number of benzene rings is 1. The van der Waals surface area contributed by atoms with Crippen LogP contribution in [0.5, 0.6) is 5.75 Å². The smallest absolute Gasteiger partial charge is 0.251 e. The number of thiazole rings is 1. The van der Waals surface area contributed by atoms with Crippen LogP contribution in [0.15, 0.2) is 47.7 Å². The van der Waals surface area contributed by atoms with Gasteiger partial charge in [0, 0.05) is 41.7 Å². The molecule has 0 aliphatic carbocycles. The molecule has 0 radical (unpaired) electrons. The first-order valence-corrected chi connectivity index (χ1v) is 11.2. The molecule has 1 aliphatic rings. The second-order valence-electron chi connectivity index (χ2n) is 7.76. The lowest BCUT2D eigenvalue weighted by molar-refractivity contribution is 0.327. The second kappa shape index (κ2) is 7.77. The molecule has 7 nitrogen and oxygen atoms in total. The van der Waals surface area contributed by atoms with Crippen LogP contribution < -0.4 is 10.3 Å². The van der Waals surface area contributed by atoms with Crippen LogP contribution in [0.4, 0.5) is 0 Å². The monoisotopic (exact) mass is 433 g/mol. The van der Waals surface area contributed by atoms with Crippen molar-refractivity contribution < 1.29 is 4.74 Å². The lowest BCUT2D eigenvalue weighted by Gasteiger charge is -2.11. The van der Waals surface area contributed by atoms with Gasteiger partial charge in [0.15, 0.2) is 10.8 Å². The predicted octanol–water partition coefficient (Wildman–Crippen LogP) is 4.43. The summed E-state index contributed by atoms with van der Waals surface area (Å²) in [5.41, 5.74) is 3.75. The fraction of sp³-hybridized carbons (Fsp3) is 0.304. The van der Waals surface area contributed by atoms with E-state index in [0.717, 1.165) is 45.4 Å². The van der Waals surface area contributed by atoms with E-state index in [1.807, 2.05) is 42.1 Å². The van der Waals surface area contributed by atoms with Gasteiger partial charge in [0.25, 0.3) is 5.56 Å². The molecular weight excluding hydrogens is 410 g/mol. The van der Waals surface area contributed by atoms with Gasteiger partial charge >= 0.3 is 0 Å². The summed E-state index contributed by atoms with van der Waals surface area (Å²) in [6.07, 6.45) is 4.21. The number of rotatable bonds is 4. The Morgan fingerprint density at radius 1 is 1.19 bits per heavy atom. The van der Waals surface area contributed by atoms with Crippen LogP contribution in [0, 0.1) is 0 Å². The number of fused-ring (bicyclic) bond motifs is 3. The first kappa shape index (κ1) is 19.7. The van der Waals surface area contributed by atoms with Crippen LogP contribution in [-0.2, 0) is 13.0 Å². The molecule has 158 valence electrons. The van der Waals surface area contributed by atoms with Gasteiger partial charge in [-0.25, -0.2) is 14.6 Å². The zero-order valence-corrected chi connectivity index (χ0v) is 18.5. The Morgan fingerprint density at radius 3 is 2.81 bits per heavy atom. The molecule has 4 aromatic rings. The number of hydrogen-bond acceptors (Lipinski definition) is 6. The van der Waals surface area contributed by atoms with Crippen molar-refractivity contribution in [3.05, 3.63) is 58.1 Å². The summed E-state index contributed by atoms with van der Waals surface area (Å²) in [7, 11) is 0. The summed E-state index contributed by atoms with van der Waals surface area (Å²) in [6, 6.07) is 9.92. The second-order valence-corrected chi connectivity index (χ2v) is 8.85. The number of nitrogens with zero attached hydrogens (tertiary/aromatic N) is 5. The molecule has 0 saturated heterocycles. The zero-order valence-electron chi connectivity index (χ0n) is 17.7. The molecule has 0 amide bonds. The molecule has 0 unspecified atom stereocenters. The van der Waals surface area contributed by atoms with Gasteiger partial charge in [-0.05, 0) is 50.1 Å². The topological polar surface area (TPSA) is 74.8 Å². The fourth-order valence-corrected chi connectivity index (χ4v) is 4.87. The van der Waals surface area contributed by atoms with Gasteiger partial charge in [0.05, 0.1) is 12.3 Å². The lowest BCUT2D eigenvalue weighted by Crippen LogP contribution is -2.17. The molecule has 1 aliphatic heterocycles. The molecule has 3 aromatic heterocycles. The normalized spacial score (nSPS) is 12.9. The van der Waals surface area contributed by atoms with Gasteiger partial charge in [-0.1, -0.05) is 6.07 Å². The van der Waals surface area contributed by atoms with E-state index in [-0.39, 0.29) is 11.6 Å². The third-order valence-electron chi connectivity index (χ3n) is 5.44. The van der Waals surface area contributed by atoms with E-state index in [4.69, 9.17) is 9.72 Å². The highest BCUT2D eigenvalue weighted by Crippen LogP contribution is 2.41.